The summed E-state index contributed by atoms with van der Waals surface area (Å²) in [6, 6.07) is -2.65. The highest BCUT2D eigenvalue weighted by atomic mass is 16.4. The normalized spacial score (nSPS) is 14.4. The van der Waals surface area contributed by atoms with Crippen molar-refractivity contribution in [2.75, 3.05) is 19.7 Å². The van der Waals surface area contributed by atoms with E-state index in [9.17, 15) is 19.2 Å². The molecule has 0 bridgehead atoms. The number of aliphatic hydroxyl groups is 2. The molecule has 0 saturated carbocycles. The summed E-state index contributed by atoms with van der Waals surface area (Å²) in [4.78, 5) is 44.6. The Morgan fingerprint density at radius 1 is 1.09 bits per heavy atom. The van der Waals surface area contributed by atoms with Crippen molar-refractivity contribution in [3.63, 3.8) is 0 Å². The van der Waals surface area contributed by atoms with Gasteiger partial charge in [-0.1, -0.05) is 0 Å². The molecule has 11 nitrogen and oxygen atoms in total. The van der Waals surface area contributed by atoms with Gasteiger partial charge in [0.15, 0.2) is 0 Å². The molecule has 0 fully saturated rings. The first-order valence-corrected chi connectivity index (χ1v) is 6.30. The lowest BCUT2D eigenvalue weighted by atomic mass is 10.2. The fraction of sp³-hybridized carbons (Fsp3) is 0.636. The molecule has 3 amide bonds. The first-order valence-electron chi connectivity index (χ1n) is 6.30. The van der Waals surface area contributed by atoms with Crippen LogP contribution in [0.15, 0.2) is 0 Å². The molecular formula is C11H20N4O7. The van der Waals surface area contributed by atoms with Gasteiger partial charge in [0.1, 0.15) is 12.1 Å². The molecule has 3 atom stereocenters. The van der Waals surface area contributed by atoms with E-state index in [-0.39, 0.29) is 0 Å². The van der Waals surface area contributed by atoms with Gasteiger partial charge in [-0.25, -0.2) is 4.79 Å². The van der Waals surface area contributed by atoms with Crippen LogP contribution in [0, 0.1) is 0 Å². The molecule has 0 heterocycles. The third kappa shape index (κ3) is 7.52. The van der Waals surface area contributed by atoms with Crippen LogP contribution in [0.25, 0.3) is 0 Å². The Balaban J connectivity index is 4.06. The molecule has 0 unspecified atom stereocenters. The van der Waals surface area contributed by atoms with Crippen LogP contribution >= 0.6 is 0 Å². The number of rotatable bonds is 9. The van der Waals surface area contributed by atoms with E-state index in [2.05, 4.69) is 10.6 Å². The molecule has 22 heavy (non-hydrogen) atoms. The van der Waals surface area contributed by atoms with Gasteiger partial charge in [0.05, 0.1) is 25.8 Å². The number of carbonyl (C=O) groups excluding carboxylic acids is 3. The maximum atomic E-state index is 11.4. The Morgan fingerprint density at radius 3 is 2.09 bits per heavy atom. The first-order chi connectivity index (χ1) is 10.2. The minimum atomic E-state index is -1.46. The van der Waals surface area contributed by atoms with E-state index in [4.69, 9.17) is 21.1 Å². The zero-order chi connectivity index (χ0) is 17.3. The van der Waals surface area contributed by atoms with E-state index in [0.29, 0.717) is 0 Å². The van der Waals surface area contributed by atoms with E-state index in [1.54, 1.807) is 0 Å². The highest BCUT2D eigenvalue weighted by molar-refractivity contribution is 5.90. The minimum Gasteiger partial charge on any atom is -0.480 e. The van der Waals surface area contributed by atoms with Gasteiger partial charge in [-0.15, -0.1) is 0 Å². The van der Waals surface area contributed by atoms with Crippen LogP contribution in [0.5, 0.6) is 0 Å². The minimum absolute atomic E-state index is 0.463. The number of nitrogens with two attached hydrogens (primary N) is 1. The highest BCUT2D eigenvalue weighted by Gasteiger charge is 2.20. The molecule has 0 aromatic heterocycles. The predicted molar refractivity (Wildman–Crippen MR) is 72.3 cm³/mol. The van der Waals surface area contributed by atoms with E-state index in [1.165, 1.54) is 6.92 Å². The summed E-state index contributed by atoms with van der Waals surface area (Å²) in [5.74, 6) is -3.68. The molecule has 11 heteroatoms. The summed E-state index contributed by atoms with van der Waals surface area (Å²) >= 11 is 0. The molecule has 8 N–H and O–H groups in total. The van der Waals surface area contributed by atoms with Gasteiger partial charge in [0.25, 0.3) is 0 Å². The summed E-state index contributed by atoms with van der Waals surface area (Å²) in [5, 5.41) is 32.6. The number of aliphatic carboxylic acids is 1. The van der Waals surface area contributed by atoms with Gasteiger partial charge < -0.3 is 37.0 Å². The van der Waals surface area contributed by atoms with Gasteiger partial charge in [0, 0.05) is 0 Å². The fourth-order valence-corrected chi connectivity index (χ4v) is 1.18. The second kappa shape index (κ2) is 9.65. The van der Waals surface area contributed by atoms with E-state index >= 15 is 0 Å². The zero-order valence-electron chi connectivity index (χ0n) is 11.9. The van der Waals surface area contributed by atoms with Crippen molar-refractivity contribution in [2.24, 2.45) is 5.73 Å². The lowest BCUT2D eigenvalue weighted by molar-refractivity contribution is -0.142. The van der Waals surface area contributed by atoms with Crippen LogP contribution in [0.3, 0.4) is 0 Å². The quantitative estimate of drug-likeness (QED) is 0.221. The van der Waals surface area contributed by atoms with Gasteiger partial charge >= 0.3 is 5.97 Å². The van der Waals surface area contributed by atoms with Crippen LogP contribution in [-0.4, -0.2) is 76.9 Å². The summed E-state index contributed by atoms with van der Waals surface area (Å²) < 4.78 is 0. The molecule has 0 aliphatic rings. The Hall–Kier alpha value is -2.24. The van der Waals surface area contributed by atoms with Crippen LogP contribution in [-0.2, 0) is 19.2 Å². The Labute approximate surface area is 125 Å². The summed E-state index contributed by atoms with van der Waals surface area (Å²) in [7, 11) is 0. The van der Waals surface area contributed by atoms with Crippen molar-refractivity contribution >= 4 is 23.7 Å². The summed E-state index contributed by atoms with van der Waals surface area (Å²) in [5.41, 5.74) is 5.33. The van der Waals surface area contributed by atoms with Crippen molar-refractivity contribution in [3.8, 4) is 0 Å². The zero-order valence-corrected chi connectivity index (χ0v) is 11.9. The average Bonchev–Trinajstić information content (AvgIpc) is 2.46. The van der Waals surface area contributed by atoms with E-state index < -0.39 is 61.6 Å². The number of amides is 3. The molecule has 0 radical (unpaired) electrons. The number of hydrogen-bond donors (Lipinski definition) is 7. The van der Waals surface area contributed by atoms with Crippen LogP contribution in [0.4, 0.5) is 0 Å². The van der Waals surface area contributed by atoms with Crippen LogP contribution in [0.1, 0.15) is 6.92 Å². The van der Waals surface area contributed by atoms with Gasteiger partial charge in [0.2, 0.25) is 17.7 Å². The molecule has 0 aromatic rings. The van der Waals surface area contributed by atoms with Gasteiger partial charge in [-0.3, -0.25) is 14.4 Å². The lowest BCUT2D eigenvalue weighted by Gasteiger charge is -2.14. The second-order valence-corrected chi connectivity index (χ2v) is 4.40. The van der Waals surface area contributed by atoms with Crippen molar-refractivity contribution in [1.29, 1.82) is 0 Å². The standard InChI is InChI=1S/C11H20N4O7/c1-5(17)9(12)10(20)14-2-7(18)13-3-8(19)15-6(4-16)11(21)22/h5-6,9,16-17H,2-4,12H2,1H3,(H,13,18)(H,14,20)(H,15,19)(H,21,22)/t5-,6+,9+/m1/s1. The van der Waals surface area contributed by atoms with E-state index in [0.717, 1.165) is 0 Å². The van der Waals surface area contributed by atoms with E-state index in [1.807, 2.05) is 5.32 Å². The number of carboxylic acids is 1. The third-order valence-corrected chi connectivity index (χ3v) is 2.51. The monoisotopic (exact) mass is 320 g/mol. The number of carbonyl (C=O) groups is 4. The van der Waals surface area contributed by atoms with Crippen molar-refractivity contribution in [2.45, 2.75) is 25.1 Å². The van der Waals surface area contributed by atoms with Crippen LogP contribution in [0.2, 0.25) is 0 Å². The third-order valence-electron chi connectivity index (χ3n) is 2.51. The molecular weight excluding hydrogens is 300 g/mol. The molecule has 0 aliphatic carbocycles. The molecule has 0 saturated heterocycles. The SMILES string of the molecule is C[C@@H](O)[C@H](N)C(=O)NCC(=O)NCC(=O)N[C@@H](CO)C(=O)O. The Kier molecular flexibility index (Phi) is 8.67. The van der Waals surface area contributed by atoms with Crippen LogP contribution < -0.4 is 21.7 Å². The number of hydrogen-bond acceptors (Lipinski definition) is 7. The number of aliphatic hydroxyl groups excluding tert-OH is 2. The maximum Gasteiger partial charge on any atom is 0.328 e. The van der Waals surface area contributed by atoms with Gasteiger partial charge in [-0.05, 0) is 6.92 Å². The van der Waals surface area contributed by atoms with Crippen molar-refractivity contribution in [3.05, 3.63) is 0 Å². The number of nitrogens with one attached hydrogen (secondary N) is 3. The molecule has 0 aliphatic heterocycles. The number of carboxylic acid groups (broad SMARTS) is 1. The lowest BCUT2D eigenvalue weighted by Crippen LogP contribution is -2.51. The highest BCUT2D eigenvalue weighted by Crippen LogP contribution is 1.87. The summed E-state index contributed by atoms with van der Waals surface area (Å²) in [6.07, 6.45) is -1.08. The molecule has 0 rings (SSSR count). The molecule has 0 aromatic carbocycles. The fourth-order valence-electron chi connectivity index (χ4n) is 1.18. The second-order valence-electron chi connectivity index (χ2n) is 4.40. The van der Waals surface area contributed by atoms with Crippen molar-refractivity contribution < 1.29 is 34.5 Å². The summed E-state index contributed by atoms with van der Waals surface area (Å²) in [6.45, 7) is -0.465. The smallest absolute Gasteiger partial charge is 0.328 e. The largest absolute Gasteiger partial charge is 0.480 e. The van der Waals surface area contributed by atoms with Crippen molar-refractivity contribution in [1.82, 2.24) is 16.0 Å². The maximum absolute atomic E-state index is 11.4. The topological polar surface area (TPSA) is 191 Å². The predicted octanol–water partition coefficient (Wildman–Crippen LogP) is -4.51. The molecule has 0 spiro atoms. The first kappa shape index (κ1) is 19.8. The Bertz CT molecular complexity index is 427. The van der Waals surface area contributed by atoms with Gasteiger partial charge in [-0.2, -0.15) is 0 Å². The average molecular weight is 320 g/mol. The molecule has 126 valence electrons. The Morgan fingerprint density at radius 2 is 1.64 bits per heavy atom.